The fourth-order valence-corrected chi connectivity index (χ4v) is 3.62. The van der Waals surface area contributed by atoms with E-state index >= 15 is 0 Å². The van der Waals surface area contributed by atoms with Gasteiger partial charge in [-0.25, -0.2) is 0 Å². The lowest BCUT2D eigenvalue weighted by Crippen LogP contribution is -2.24. The van der Waals surface area contributed by atoms with Gasteiger partial charge in [0, 0.05) is 0 Å². The van der Waals surface area contributed by atoms with Gasteiger partial charge < -0.3 is 14.9 Å². The third-order valence-electron chi connectivity index (χ3n) is 4.38. The van der Waals surface area contributed by atoms with E-state index in [0.29, 0.717) is 22.8 Å². The van der Waals surface area contributed by atoms with Gasteiger partial charge in [-0.15, -0.1) is 0 Å². The molecule has 1 aromatic carbocycles. The topological polar surface area (TPSA) is 66.8 Å². The van der Waals surface area contributed by atoms with E-state index in [4.69, 9.17) is 21.4 Å². The van der Waals surface area contributed by atoms with E-state index in [-0.39, 0.29) is 11.8 Å². The maximum Gasteiger partial charge on any atom is 0.303 e. The van der Waals surface area contributed by atoms with E-state index in [9.17, 15) is 9.90 Å². The summed E-state index contributed by atoms with van der Waals surface area (Å²) in [5, 5.41) is 20.1. The van der Waals surface area contributed by atoms with Crippen molar-refractivity contribution in [1.82, 2.24) is 0 Å². The molecule has 1 aliphatic carbocycles. The predicted molar refractivity (Wildman–Crippen MR) is 80.7 cm³/mol. The van der Waals surface area contributed by atoms with Gasteiger partial charge in [0.25, 0.3) is 0 Å². The summed E-state index contributed by atoms with van der Waals surface area (Å²) in [5.41, 5.74) is 0.322. The van der Waals surface area contributed by atoms with Crippen LogP contribution < -0.4 is 4.74 Å². The van der Waals surface area contributed by atoms with Crippen LogP contribution in [0.25, 0.3) is 0 Å². The average Bonchev–Trinajstić information content (AvgIpc) is 2.85. The second kappa shape index (κ2) is 6.67. The number of hydrogen-bond donors (Lipinski definition) is 2. The Morgan fingerprint density at radius 2 is 2.10 bits per heavy atom. The molecule has 5 heteroatoms. The van der Waals surface area contributed by atoms with Gasteiger partial charge in [0.05, 0.1) is 24.7 Å². The Bertz CT molecular complexity index is 509. The average molecular weight is 313 g/mol. The van der Waals surface area contributed by atoms with Crippen LogP contribution in [0.5, 0.6) is 5.75 Å². The number of hydrogen-bond acceptors (Lipinski definition) is 3. The molecule has 21 heavy (non-hydrogen) atoms. The number of carboxylic acids is 1. The third kappa shape index (κ3) is 3.89. The molecular formula is C16H21ClO4. The number of benzene rings is 1. The minimum atomic E-state index is -0.801. The molecule has 1 atom stereocenters. The van der Waals surface area contributed by atoms with E-state index in [0.717, 1.165) is 25.7 Å². The molecule has 1 saturated carbocycles. The molecule has 2 N–H and O–H groups in total. The highest BCUT2D eigenvalue weighted by atomic mass is 35.5. The summed E-state index contributed by atoms with van der Waals surface area (Å²) >= 11 is 6.18. The van der Waals surface area contributed by atoms with Crippen LogP contribution in [0.2, 0.25) is 5.02 Å². The number of methoxy groups -OCH3 is 1. The minimum Gasteiger partial charge on any atom is -0.497 e. The Morgan fingerprint density at radius 3 is 2.62 bits per heavy atom. The Balaban J connectivity index is 2.15. The standard InChI is InChI=1S/C16H21ClO4/c1-21-11-4-5-12(13(17)8-11)14(18)9-16(10-15(19)20)6-2-3-7-16/h4-5,8,14,18H,2-3,6-7,9-10H2,1H3,(H,19,20). The summed E-state index contributed by atoms with van der Waals surface area (Å²) in [6.07, 6.45) is 3.55. The van der Waals surface area contributed by atoms with Crippen LogP contribution in [0, 0.1) is 5.41 Å². The minimum absolute atomic E-state index is 0.109. The number of carbonyl (C=O) groups is 1. The zero-order chi connectivity index (χ0) is 15.5. The molecule has 1 fully saturated rings. The predicted octanol–water partition coefficient (Wildman–Crippen LogP) is 3.81. The van der Waals surface area contributed by atoms with Crippen molar-refractivity contribution in [3.05, 3.63) is 28.8 Å². The molecule has 1 unspecified atom stereocenters. The normalized spacial score (nSPS) is 18.4. The zero-order valence-corrected chi connectivity index (χ0v) is 12.9. The van der Waals surface area contributed by atoms with Crippen molar-refractivity contribution < 1.29 is 19.7 Å². The van der Waals surface area contributed by atoms with Crippen molar-refractivity contribution in [3.8, 4) is 5.75 Å². The maximum atomic E-state index is 11.1. The quantitative estimate of drug-likeness (QED) is 0.838. The summed E-state index contributed by atoms with van der Waals surface area (Å²) in [6.45, 7) is 0. The molecule has 0 saturated heterocycles. The van der Waals surface area contributed by atoms with Gasteiger partial charge in [-0.3, -0.25) is 4.79 Å². The van der Waals surface area contributed by atoms with Crippen molar-refractivity contribution >= 4 is 17.6 Å². The number of aliphatic hydroxyl groups is 1. The van der Waals surface area contributed by atoms with E-state index in [1.165, 1.54) is 0 Å². The zero-order valence-electron chi connectivity index (χ0n) is 12.1. The maximum absolute atomic E-state index is 11.1. The van der Waals surface area contributed by atoms with Crippen molar-refractivity contribution in [2.45, 2.75) is 44.6 Å². The lowest BCUT2D eigenvalue weighted by molar-refractivity contribution is -0.140. The van der Waals surface area contributed by atoms with Crippen molar-refractivity contribution in [2.75, 3.05) is 7.11 Å². The van der Waals surface area contributed by atoms with Crippen LogP contribution in [0.15, 0.2) is 18.2 Å². The monoisotopic (exact) mass is 312 g/mol. The molecule has 0 heterocycles. The van der Waals surface area contributed by atoms with Crippen molar-refractivity contribution in [2.24, 2.45) is 5.41 Å². The van der Waals surface area contributed by atoms with Gasteiger partial charge in [-0.1, -0.05) is 30.5 Å². The lowest BCUT2D eigenvalue weighted by atomic mass is 9.76. The van der Waals surface area contributed by atoms with Crippen molar-refractivity contribution in [3.63, 3.8) is 0 Å². The second-order valence-corrected chi connectivity index (χ2v) is 6.29. The number of carboxylic acid groups (broad SMARTS) is 1. The Morgan fingerprint density at radius 1 is 1.43 bits per heavy atom. The van der Waals surface area contributed by atoms with Crippen LogP contribution in [0.3, 0.4) is 0 Å². The van der Waals surface area contributed by atoms with Gasteiger partial charge in [-0.05, 0) is 42.4 Å². The molecule has 0 amide bonds. The smallest absolute Gasteiger partial charge is 0.303 e. The number of ether oxygens (including phenoxy) is 1. The van der Waals surface area contributed by atoms with Gasteiger partial charge in [-0.2, -0.15) is 0 Å². The van der Waals surface area contributed by atoms with Crippen LogP contribution in [0.1, 0.15) is 50.2 Å². The number of rotatable bonds is 6. The summed E-state index contributed by atoms with van der Waals surface area (Å²) in [6, 6.07) is 5.16. The fourth-order valence-electron chi connectivity index (χ4n) is 3.32. The number of aliphatic hydroxyl groups excluding tert-OH is 1. The van der Waals surface area contributed by atoms with E-state index in [2.05, 4.69) is 0 Å². The summed E-state index contributed by atoms with van der Waals surface area (Å²) < 4.78 is 5.09. The van der Waals surface area contributed by atoms with Crippen LogP contribution >= 0.6 is 11.6 Å². The van der Waals surface area contributed by atoms with Crippen LogP contribution in [0.4, 0.5) is 0 Å². The molecule has 1 aromatic rings. The van der Waals surface area contributed by atoms with E-state index < -0.39 is 12.1 Å². The summed E-state index contributed by atoms with van der Waals surface area (Å²) in [5.74, 6) is -0.165. The molecule has 4 nitrogen and oxygen atoms in total. The first-order valence-corrected chi connectivity index (χ1v) is 7.57. The summed E-state index contributed by atoms with van der Waals surface area (Å²) in [7, 11) is 1.56. The first kappa shape index (κ1) is 16.1. The molecule has 116 valence electrons. The molecule has 0 spiro atoms. The summed E-state index contributed by atoms with van der Waals surface area (Å²) in [4.78, 5) is 11.1. The largest absolute Gasteiger partial charge is 0.497 e. The highest BCUT2D eigenvalue weighted by Gasteiger charge is 2.38. The molecule has 0 aliphatic heterocycles. The van der Waals surface area contributed by atoms with Gasteiger partial charge in [0.1, 0.15) is 5.75 Å². The highest BCUT2D eigenvalue weighted by Crippen LogP contribution is 2.48. The third-order valence-corrected chi connectivity index (χ3v) is 4.71. The van der Waals surface area contributed by atoms with Crippen LogP contribution in [-0.2, 0) is 4.79 Å². The Hall–Kier alpha value is -1.26. The Labute approximate surface area is 129 Å². The van der Waals surface area contributed by atoms with E-state index in [1.54, 1.807) is 25.3 Å². The second-order valence-electron chi connectivity index (χ2n) is 5.88. The lowest BCUT2D eigenvalue weighted by Gasteiger charge is -2.30. The number of halogens is 1. The highest BCUT2D eigenvalue weighted by molar-refractivity contribution is 6.31. The fraction of sp³-hybridized carbons (Fsp3) is 0.562. The SMILES string of the molecule is COc1ccc(C(O)CC2(CC(=O)O)CCCC2)c(Cl)c1. The molecule has 2 rings (SSSR count). The molecular weight excluding hydrogens is 292 g/mol. The first-order chi connectivity index (χ1) is 9.96. The van der Waals surface area contributed by atoms with Crippen LogP contribution in [-0.4, -0.2) is 23.3 Å². The van der Waals surface area contributed by atoms with Crippen molar-refractivity contribution in [1.29, 1.82) is 0 Å². The molecule has 0 radical (unpaired) electrons. The van der Waals surface area contributed by atoms with E-state index in [1.807, 2.05) is 0 Å². The Kier molecular flexibility index (Phi) is 5.12. The first-order valence-electron chi connectivity index (χ1n) is 7.19. The molecule has 1 aliphatic rings. The van der Waals surface area contributed by atoms with Gasteiger partial charge in [0.2, 0.25) is 0 Å². The molecule has 0 bridgehead atoms. The molecule has 0 aromatic heterocycles. The number of aliphatic carboxylic acids is 1. The van der Waals surface area contributed by atoms with Gasteiger partial charge >= 0.3 is 5.97 Å². The van der Waals surface area contributed by atoms with Gasteiger partial charge in [0.15, 0.2) is 0 Å².